The monoisotopic (exact) mass is 256 g/mol. The summed E-state index contributed by atoms with van der Waals surface area (Å²) < 4.78 is 0. The molecule has 0 saturated carbocycles. The molecule has 1 atom stereocenters. The van der Waals surface area contributed by atoms with E-state index in [1.807, 2.05) is 18.5 Å². The second-order valence-electron chi connectivity index (χ2n) is 4.64. The third-order valence-corrected chi connectivity index (χ3v) is 3.19. The van der Waals surface area contributed by atoms with Gasteiger partial charge in [0.05, 0.1) is 0 Å². The van der Waals surface area contributed by atoms with E-state index < -0.39 is 0 Å². The van der Waals surface area contributed by atoms with Crippen LogP contribution < -0.4 is 11.3 Å². The Hall–Kier alpha value is -1.78. The number of aryl methyl sites for hydroxylation is 1. The molecule has 0 radical (unpaired) electrons. The van der Waals surface area contributed by atoms with E-state index in [1.54, 1.807) is 6.20 Å². The van der Waals surface area contributed by atoms with Gasteiger partial charge in [-0.15, -0.1) is 0 Å². The fourth-order valence-corrected chi connectivity index (χ4v) is 2.03. The number of hydrogen-bond donors (Lipinski definition) is 2. The van der Waals surface area contributed by atoms with Crippen molar-refractivity contribution in [2.45, 2.75) is 32.2 Å². The van der Waals surface area contributed by atoms with Gasteiger partial charge in [0.2, 0.25) is 0 Å². The molecule has 0 saturated heterocycles. The Morgan fingerprint density at radius 1 is 1.16 bits per heavy atom. The van der Waals surface area contributed by atoms with Gasteiger partial charge in [-0.1, -0.05) is 19.1 Å². The van der Waals surface area contributed by atoms with Crippen molar-refractivity contribution >= 4 is 0 Å². The van der Waals surface area contributed by atoms with E-state index in [-0.39, 0.29) is 6.04 Å². The molecule has 2 heterocycles. The molecule has 19 heavy (non-hydrogen) atoms. The Labute approximate surface area is 114 Å². The molecule has 1 unspecified atom stereocenters. The fourth-order valence-electron chi connectivity index (χ4n) is 2.03. The maximum absolute atomic E-state index is 5.63. The average Bonchev–Trinajstić information content (AvgIpc) is 2.48. The van der Waals surface area contributed by atoms with Crippen LogP contribution in [-0.4, -0.2) is 16.0 Å². The molecule has 0 amide bonds. The Morgan fingerprint density at radius 2 is 2.05 bits per heavy atom. The average molecular weight is 256 g/mol. The predicted molar refractivity (Wildman–Crippen MR) is 76.4 cm³/mol. The van der Waals surface area contributed by atoms with Crippen LogP contribution in [0, 0.1) is 0 Å². The second-order valence-corrected chi connectivity index (χ2v) is 4.64. The largest absolute Gasteiger partial charge is 0.271 e. The fraction of sp³-hybridized carbons (Fsp3) is 0.333. The number of nitrogens with two attached hydrogens (primary N) is 1. The van der Waals surface area contributed by atoms with Crippen molar-refractivity contribution in [1.29, 1.82) is 0 Å². The van der Waals surface area contributed by atoms with E-state index in [1.165, 1.54) is 11.1 Å². The lowest BCUT2D eigenvalue weighted by Crippen LogP contribution is -2.38. The first-order valence-corrected chi connectivity index (χ1v) is 6.60. The van der Waals surface area contributed by atoms with Crippen LogP contribution in [0.5, 0.6) is 0 Å². The molecular formula is C15H20N4. The number of pyridine rings is 2. The Balaban J connectivity index is 1.98. The molecule has 4 heteroatoms. The van der Waals surface area contributed by atoms with Gasteiger partial charge in [-0.25, -0.2) is 0 Å². The number of hydrogen-bond acceptors (Lipinski definition) is 4. The third-order valence-electron chi connectivity index (χ3n) is 3.19. The number of hydrazine groups is 1. The Bertz CT molecular complexity index is 481. The second kappa shape index (κ2) is 6.97. The van der Waals surface area contributed by atoms with Crippen LogP contribution in [0.15, 0.2) is 42.9 Å². The molecule has 2 aromatic heterocycles. The highest BCUT2D eigenvalue weighted by atomic mass is 15.2. The lowest BCUT2D eigenvalue weighted by Gasteiger charge is -2.15. The van der Waals surface area contributed by atoms with Gasteiger partial charge in [0.1, 0.15) is 0 Å². The van der Waals surface area contributed by atoms with Crippen LogP contribution in [0.4, 0.5) is 0 Å². The SMILES string of the molecule is CCc1ccc(CC(Cc2cccnc2)NN)nc1. The zero-order chi connectivity index (χ0) is 13.5. The van der Waals surface area contributed by atoms with Crippen LogP contribution in [0.1, 0.15) is 23.7 Å². The van der Waals surface area contributed by atoms with Crippen molar-refractivity contribution < 1.29 is 0 Å². The summed E-state index contributed by atoms with van der Waals surface area (Å²) in [6.07, 6.45) is 8.27. The first-order chi connectivity index (χ1) is 9.31. The van der Waals surface area contributed by atoms with Crippen molar-refractivity contribution in [3.63, 3.8) is 0 Å². The van der Waals surface area contributed by atoms with Crippen LogP contribution in [0.3, 0.4) is 0 Å². The summed E-state index contributed by atoms with van der Waals surface area (Å²) in [7, 11) is 0. The highest BCUT2D eigenvalue weighted by Gasteiger charge is 2.09. The van der Waals surface area contributed by atoms with Gasteiger partial charge in [0.15, 0.2) is 0 Å². The van der Waals surface area contributed by atoms with Gasteiger partial charge in [0, 0.05) is 36.7 Å². The minimum atomic E-state index is 0.171. The molecular weight excluding hydrogens is 236 g/mol. The summed E-state index contributed by atoms with van der Waals surface area (Å²) in [5.74, 6) is 5.63. The highest BCUT2D eigenvalue weighted by molar-refractivity contribution is 5.16. The van der Waals surface area contributed by atoms with Gasteiger partial charge in [-0.05, 0) is 36.1 Å². The first kappa shape index (κ1) is 13.6. The summed E-state index contributed by atoms with van der Waals surface area (Å²) >= 11 is 0. The molecule has 0 fully saturated rings. The molecule has 0 aliphatic carbocycles. The van der Waals surface area contributed by atoms with Crippen molar-refractivity contribution in [2.24, 2.45) is 5.84 Å². The number of nitrogens with one attached hydrogen (secondary N) is 1. The minimum absolute atomic E-state index is 0.171. The van der Waals surface area contributed by atoms with E-state index in [2.05, 4.69) is 40.5 Å². The summed E-state index contributed by atoms with van der Waals surface area (Å²) in [5.41, 5.74) is 6.35. The molecule has 0 aromatic carbocycles. The molecule has 4 nitrogen and oxygen atoms in total. The van der Waals surface area contributed by atoms with Crippen molar-refractivity contribution in [2.75, 3.05) is 0 Å². The number of nitrogens with zero attached hydrogens (tertiary/aromatic N) is 2. The standard InChI is InChI=1S/C15H20N4/c1-2-12-5-6-14(18-11-12)9-15(19-16)8-13-4-3-7-17-10-13/h3-7,10-11,15,19H,2,8-9,16H2,1H3. The van der Waals surface area contributed by atoms with Crippen molar-refractivity contribution in [1.82, 2.24) is 15.4 Å². The number of aromatic nitrogens is 2. The van der Waals surface area contributed by atoms with Crippen molar-refractivity contribution in [3.05, 3.63) is 59.7 Å². The zero-order valence-electron chi connectivity index (χ0n) is 11.2. The van der Waals surface area contributed by atoms with Gasteiger partial charge >= 0.3 is 0 Å². The van der Waals surface area contributed by atoms with Gasteiger partial charge in [-0.2, -0.15) is 0 Å². The Morgan fingerprint density at radius 3 is 2.63 bits per heavy atom. The minimum Gasteiger partial charge on any atom is -0.271 e. The van der Waals surface area contributed by atoms with Crippen LogP contribution in [0.2, 0.25) is 0 Å². The van der Waals surface area contributed by atoms with Crippen LogP contribution in [0.25, 0.3) is 0 Å². The molecule has 2 aromatic rings. The van der Waals surface area contributed by atoms with E-state index >= 15 is 0 Å². The maximum Gasteiger partial charge on any atom is 0.0419 e. The lowest BCUT2D eigenvalue weighted by molar-refractivity contribution is 0.517. The van der Waals surface area contributed by atoms with Gasteiger partial charge in [-0.3, -0.25) is 21.2 Å². The summed E-state index contributed by atoms with van der Waals surface area (Å²) in [5, 5.41) is 0. The highest BCUT2D eigenvalue weighted by Crippen LogP contribution is 2.07. The number of rotatable bonds is 6. The van der Waals surface area contributed by atoms with E-state index in [9.17, 15) is 0 Å². The molecule has 2 rings (SSSR count). The topological polar surface area (TPSA) is 63.8 Å². The normalized spacial score (nSPS) is 12.3. The summed E-state index contributed by atoms with van der Waals surface area (Å²) in [6.45, 7) is 2.13. The van der Waals surface area contributed by atoms with E-state index in [0.717, 1.165) is 25.0 Å². The summed E-state index contributed by atoms with van der Waals surface area (Å²) in [4.78, 5) is 8.59. The molecule has 3 N–H and O–H groups in total. The van der Waals surface area contributed by atoms with Crippen LogP contribution >= 0.6 is 0 Å². The Kier molecular flexibility index (Phi) is 5.01. The van der Waals surface area contributed by atoms with E-state index in [4.69, 9.17) is 5.84 Å². The molecule has 0 spiro atoms. The zero-order valence-corrected chi connectivity index (χ0v) is 11.2. The molecule has 0 aliphatic rings. The van der Waals surface area contributed by atoms with Gasteiger partial charge < -0.3 is 0 Å². The van der Waals surface area contributed by atoms with E-state index in [0.29, 0.717) is 0 Å². The molecule has 0 aliphatic heterocycles. The summed E-state index contributed by atoms with van der Waals surface area (Å²) in [6, 6.07) is 8.37. The van der Waals surface area contributed by atoms with Gasteiger partial charge in [0.25, 0.3) is 0 Å². The smallest absolute Gasteiger partial charge is 0.0419 e. The predicted octanol–water partition coefficient (Wildman–Crippen LogP) is 1.66. The first-order valence-electron chi connectivity index (χ1n) is 6.60. The maximum atomic E-state index is 5.63. The molecule has 0 bridgehead atoms. The quantitative estimate of drug-likeness (QED) is 0.609. The lowest BCUT2D eigenvalue weighted by atomic mass is 10.0. The van der Waals surface area contributed by atoms with Crippen LogP contribution in [-0.2, 0) is 19.3 Å². The molecule has 100 valence electrons. The third kappa shape index (κ3) is 4.12. The van der Waals surface area contributed by atoms with Crippen molar-refractivity contribution in [3.8, 4) is 0 Å².